The van der Waals surface area contributed by atoms with E-state index in [0.717, 1.165) is 25.8 Å². The van der Waals surface area contributed by atoms with Gasteiger partial charge < -0.3 is 10.6 Å². The normalized spacial score (nSPS) is 17.7. The van der Waals surface area contributed by atoms with Gasteiger partial charge in [-0.15, -0.1) is 0 Å². The Bertz CT molecular complexity index is 748. The molecule has 6 heteroatoms. The van der Waals surface area contributed by atoms with Gasteiger partial charge in [-0.3, -0.25) is 14.5 Å². The van der Waals surface area contributed by atoms with Gasteiger partial charge in [-0.1, -0.05) is 18.6 Å². The van der Waals surface area contributed by atoms with Crippen LogP contribution < -0.4 is 10.6 Å². The van der Waals surface area contributed by atoms with E-state index in [9.17, 15) is 9.59 Å². The predicted molar refractivity (Wildman–Crippen MR) is 97.5 cm³/mol. The summed E-state index contributed by atoms with van der Waals surface area (Å²) in [5.74, 6) is 0.208. The van der Waals surface area contributed by atoms with Crippen molar-refractivity contribution >= 4 is 23.3 Å². The summed E-state index contributed by atoms with van der Waals surface area (Å²) in [7, 11) is 1.97. The van der Waals surface area contributed by atoms with Gasteiger partial charge in [0.15, 0.2) is 0 Å². The minimum Gasteiger partial charge on any atom is -0.325 e. The maximum absolute atomic E-state index is 12.5. The third-order valence-corrected chi connectivity index (χ3v) is 4.37. The number of pyridine rings is 1. The summed E-state index contributed by atoms with van der Waals surface area (Å²) in [6.45, 7) is 0.935. The fourth-order valence-electron chi connectivity index (χ4n) is 3.00. The molecular weight excluding hydrogens is 316 g/mol. The first-order chi connectivity index (χ1) is 12.1. The molecule has 1 aliphatic heterocycles. The van der Waals surface area contributed by atoms with Crippen molar-refractivity contribution < 1.29 is 9.59 Å². The average Bonchev–Trinajstić information content (AvgIpc) is 2.63. The summed E-state index contributed by atoms with van der Waals surface area (Å²) in [5.41, 5.74) is 1.10. The Labute approximate surface area is 147 Å². The van der Waals surface area contributed by atoms with E-state index in [-0.39, 0.29) is 17.9 Å². The lowest BCUT2D eigenvalue weighted by molar-refractivity contribution is -0.121. The second kappa shape index (κ2) is 7.90. The summed E-state index contributed by atoms with van der Waals surface area (Å²) >= 11 is 0. The maximum Gasteiger partial charge on any atom is 0.256 e. The Hall–Kier alpha value is -2.73. The van der Waals surface area contributed by atoms with Gasteiger partial charge in [0.1, 0.15) is 5.82 Å². The van der Waals surface area contributed by atoms with Crippen LogP contribution in [0.15, 0.2) is 48.7 Å². The first-order valence-corrected chi connectivity index (χ1v) is 8.47. The van der Waals surface area contributed by atoms with Gasteiger partial charge >= 0.3 is 0 Å². The molecule has 6 nitrogen and oxygen atoms in total. The van der Waals surface area contributed by atoms with E-state index < -0.39 is 0 Å². The number of benzene rings is 1. The molecule has 3 rings (SSSR count). The summed E-state index contributed by atoms with van der Waals surface area (Å²) in [6, 6.07) is 12.1. The Morgan fingerprint density at radius 2 is 2.00 bits per heavy atom. The average molecular weight is 338 g/mol. The second-order valence-corrected chi connectivity index (χ2v) is 6.23. The number of hydrogen-bond donors (Lipinski definition) is 2. The molecule has 1 saturated heterocycles. The van der Waals surface area contributed by atoms with E-state index in [1.54, 1.807) is 48.7 Å². The Kier molecular flexibility index (Phi) is 5.40. The zero-order valence-corrected chi connectivity index (χ0v) is 14.2. The standard InChI is InChI=1S/C19H22N4O2/c1-23-12-5-3-9-16(23)19(25)21-15-8-6-7-14(13-15)18(24)22-17-10-2-4-11-20-17/h2,4,6-8,10-11,13,16H,3,5,9,12H2,1H3,(H,21,25)(H,20,22,24). The minimum absolute atomic E-state index is 0.0236. The van der Waals surface area contributed by atoms with Crippen molar-refractivity contribution in [2.24, 2.45) is 0 Å². The van der Waals surface area contributed by atoms with Gasteiger partial charge in [0.05, 0.1) is 6.04 Å². The first-order valence-electron chi connectivity index (χ1n) is 8.47. The number of anilines is 2. The van der Waals surface area contributed by atoms with E-state index >= 15 is 0 Å². The highest BCUT2D eigenvalue weighted by atomic mass is 16.2. The number of carbonyl (C=O) groups excluding carboxylic acids is 2. The first kappa shape index (κ1) is 17.1. The molecule has 2 aromatic rings. The van der Waals surface area contributed by atoms with Crippen molar-refractivity contribution in [1.82, 2.24) is 9.88 Å². The van der Waals surface area contributed by atoms with E-state index in [1.807, 2.05) is 7.05 Å². The molecule has 0 radical (unpaired) electrons. The highest BCUT2D eigenvalue weighted by Crippen LogP contribution is 2.18. The molecule has 25 heavy (non-hydrogen) atoms. The Morgan fingerprint density at radius 1 is 1.12 bits per heavy atom. The highest BCUT2D eigenvalue weighted by molar-refractivity contribution is 6.05. The van der Waals surface area contributed by atoms with Crippen LogP contribution in [0.3, 0.4) is 0 Å². The van der Waals surface area contributed by atoms with Crippen LogP contribution in [0.2, 0.25) is 0 Å². The molecule has 1 fully saturated rings. The van der Waals surface area contributed by atoms with Gasteiger partial charge in [-0.25, -0.2) is 4.98 Å². The van der Waals surface area contributed by atoms with Crippen LogP contribution in [0, 0.1) is 0 Å². The van der Waals surface area contributed by atoms with Crippen molar-refractivity contribution in [2.75, 3.05) is 24.2 Å². The summed E-state index contributed by atoms with van der Waals surface area (Å²) < 4.78 is 0. The fourth-order valence-corrected chi connectivity index (χ4v) is 3.00. The van der Waals surface area contributed by atoms with Crippen LogP contribution >= 0.6 is 0 Å². The summed E-state index contributed by atoms with van der Waals surface area (Å²) in [4.78, 5) is 31.0. The Balaban J connectivity index is 1.66. The monoisotopic (exact) mass is 338 g/mol. The van der Waals surface area contributed by atoms with E-state index in [4.69, 9.17) is 0 Å². The molecule has 2 N–H and O–H groups in total. The number of rotatable bonds is 4. The van der Waals surface area contributed by atoms with Gasteiger partial charge in [-0.2, -0.15) is 0 Å². The quantitative estimate of drug-likeness (QED) is 0.899. The number of aromatic nitrogens is 1. The number of likely N-dealkylation sites (tertiary alicyclic amines) is 1. The molecule has 0 spiro atoms. The number of nitrogens with zero attached hydrogens (tertiary/aromatic N) is 2. The molecule has 2 amide bonds. The lowest BCUT2D eigenvalue weighted by Crippen LogP contribution is -2.44. The third-order valence-electron chi connectivity index (χ3n) is 4.37. The van der Waals surface area contributed by atoms with Gasteiger partial charge in [0.25, 0.3) is 5.91 Å². The van der Waals surface area contributed by atoms with Gasteiger partial charge in [0.2, 0.25) is 5.91 Å². The van der Waals surface area contributed by atoms with Crippen molar-refractivity contribution in [3.05, 3.63) is 54.2 Å². The smallest absolute Gasteiger partial charge is 0.256 e. The van der Waals surface area contributed by atoms with E-state index in [2.05, 4.69) is 20.5 Å². The van der Waals surface area contributed by atoms with Gasteiger partial charge in [0, 0.05) is 17.4 Å². The van der Waals surface area contributed by atoms with E-state index in [1.165, 1.54) is 0 Å². The molecular formula is C19H22N4O2. The van der Waals surface area contributed by atoms with Crippen molar-refractivity contribution in [3.63, 3.8) is 0 Å². The second-order valence-electron chi connectivity index (χ2n) is 6.23. The summed E-state index contributed by atoms with van der Waals surface area (Å²) in [6.07, 6.45) is 4.67. The molecule has 1 aliphatic rings. The molecule has 0 bridgehead atoms. The molecule has 1 atom stereocenters. The number of likely N-dealkylation sites (N-methyl/N-ethyl adjacent to an activating group) is 1. The van der Waals surface area contributed by atoms with Crippen LogP contribution in [0.25, 0.3) is 0 Å². The van der Waals surface area contributed by atoms with Crippen LogP contribution in [0.1, 0.15) is 29.6 Å². The molecule has 1 aromatic carbocycles. The SMILES string of the molecule is CN1CCCCC1C(=O)Nc1cccc(C(=O)Nc2ccccn2)c1. The molecule has 1 aromatic heterocycles. The lowest BCUT2D eigenvalue weighted by Gasteiger charge is -2.31. The van der Waals surface area contributed by atoms with Gasteiger partial charge in [-0.05, 0) is 56.8 Å². The summed E-state index contributed by atoms with van der Waals surface area (Å²) in [5, 5.41) is 5.66. The fraction of sp³-hybridized carbons (Fsp3) is 0.316. The zero-order chi connectivity index (χ0) is 17.6. The van der Waals surface area contributed by atoms with Crippen LogP contribution in [0.5, 0.6) is 0 Å². The lowest BCUT2D eigenvalue weighted by atomic mass is 10.0. The van der Waals surface area contributed by atoms with Crippen LogP contribution in [0.4, 0.5) is 11.5 Å². The maximum atomic E-state index is 12.5. The van der Waals surface area contributed by atoms with Crippen LogP contribution in [-0.2, 0) is 4.79 Å². The van der Waals surface area contributed by atoms with Crippen LogP contribution in [-0.4, -0.2) is 41.3 Å². The zero-order valence-electron chi connectivity index (χ0n) is 14.2. The van der Waals surface area contributed by atoms with Crippen molar-refractivity contribution in [3.8, 4) is 0 Å². The molecule has 1 unspecified atom stereocenters. The number of piperidine rings is 1. The Morgan fingerprint density at radius 3 is 2.76 bits per heavy atom. The van der Waals surface area contributed by atoms with E-state index in [0.29, 0.717) is 17.1 Å². The van der Waals surface area contributed by atoms with Crippen molar-refractivity contribution in [2.45, 2.75) is 25.3 Å². The number of carbonyl (C=O) groups is 2. The highest BCUT2D eigenvalue weighted by Gasteiger charge is 2.25. The molecule has 0 aliphatic carbocycles. The third kappa shape index (κ3) is 4.42. The number of hydrogen-bond acceptors (Lipinski definition) is 4. The number of amides is 2. The topological polar surface area (TPSA) is 74.3 Å². The van der Waals surface area contributed by atoms with Crippen molar-refractivity contribution in [1.29, 1.82) is 0 Å². The minimum atomic E-state index is -0.260. The molecule has 0 saturated carbocycles. The molecule has 130 valence electrons. The predicted octanol–water partition coefficient (Wildman–Crippen LogP) is 2.76. The number of nitrogens with one attached hydrogen (secondary N) is 2. The largest absolute Gasteiger partial charge is 0.325 e. The molecule has 2 heterocycles.